The predicted octanol–water partition coefficient (Wildman–Crippen LogP) is 3.47. The lowest BCUT2D eigenvalue weighted by atomic mass is 10.1. The molecule has 3 heteroatoms. The summed E-state index contributed by atoms with van der Waals surface area (Å²) in [6, 6.07) is 6.80. The van der Waals surface area contributed by atoms with Crippen LogP contribution < -0.4 is 4.90 Å². The maximum absolute atomic E-state index is 10.7. The van der Waals surface area contributed by atoms with E-state index in [1.54, 1.807) is 6.08 Å². The number of hydrogen-bond acceptors (Lipinski definition) is 2. The van der Waals surface area contributed by atoms with E-state index in [1.807, 2.05) is 13.0 Å². The third-order valence-corrected chi connectivity index (χ3v) is 3.84. The second-order valence-corrected chi connectivity index (χ2v) is 5.28. The van der Waals surface area contributed by atoms with Gasteiger partial charge in [0.1, 0.15) is 0 Å². The summed E-state index contributed by atoms with van der Waals surface area (Å²) < 4.78 is 0. The van der Waals surface area contributed by atoms with E-state index in [9.17, 15) is 4.79 Å². The minimum Gasteiger partial charge on any atom is -0.478 e. The smallest absolute Gasteiger partial charge is 0.328 e. The highest BCUT2D eigenvalue weighted by molar-refractivity contribution is 5.87. The van der Waals surface area contributed by atoms with Crippen molar-refractivity contribution in [1.29, 1.82) is 0 Å². The van der Waals surface area contributed by atoms with Gasteiger partial charge in [0, 0.05) is 24.9 Å². The van der Waals surface area contributed by atoms with Gasteiger partial charge in [-0.05, 0) is 43.5 Å². The standard InChI is InChI=1S/C16H21NO2/c1-12-7-9-15(13(11-12)8-10-16(18)19)17(2)14-5-3-4-6-14/h7-11,14H,3-6H2,1-2H3,(H,18,19)/b10-8+. The summed E-state index contributed by atoms with van der Waals surface area (Å²) in [6.45, 7) is 2.03. The van der Waals surface area contributed by atoms with E-state index < -0.39 is 5.97 Å². The number of aliphatic carboxylic acids is 1. The van der Waals surface area contributed by atoms with E-state index in [1.165, 1.54) is 31.8 Å². The van der Waals surface area contributed by atoms with Crippen LogP contribution in [0, 0.1) is 6.92 Å². The average Bonchev–Trinajstić information content (AvgIpc) is 2.89. The number of carbonyl (C=O) groups is 1. The number of anilines is 1. The average molecular weight is 259 g/mol. The van der Waals surface area contributed by atoms with Crippen molar-refractivity contribution in [3.63, 3.8) is 0 Å². The molecule has 0 aliphatic heterocycles. The van der Waals surface area contributed by atoms with Crippen LogP contribution in [-0.4, -0.2) is 24.2 Å². The summed E-state index contributed by atoms with van der Waals surface area (Å²) in [5.41, 5.74) is 3.25. The lowest BCUT2D eigenvalue weighted by molar-refractivity contribution is -0.131. The highest BCUT2D eigenvalue weighted by Crippen LogP contribution is 2.30. The number of carboxylic acids is 1. The van der Waals surface area contributed by atoms with Crippen LogP contribution in [0.5, 0.6) is 0 Å². The van der Waals surface area contributed by atoms with E-state index in [-0.39, 0.29) is 0 Å². The zero-order valence-electron chi connectivity index (χ0n) is 11.6. The molecule has 0 unspecified atom stereocenters. The monoisotopic (exact) mass is 259 g/mol. The molecule has 102 valence electrons. The third kappa shape index (κ3) is 3.37. The van der Waals surface area contributed by atoms with Gasteiger partial charge in [0.05, 0.1) is 0 Å². The van der Waals surface area contributed by atoms with Gasteiger partial charge in [0.2, 0.25) is 0 Å². The molecule has 0 aromatic heterocycles. The van der Waals surface area contributed by atoms with Gasteiger partial charge < -0.3 is 10.0 Å². The van der Waals surface area contributed by atoms with Crippen LogP contribution in [0.25, 0.3) is 6.08 Å². The van der Waals surface area contributed by atoms with Crippen LogP contribution in [0.2, 0.25) is 0 Å². The Labute approximate surface area is 114 Å². The fourth-order valence-corrected chi connectivity index (χ4v) is 2.78. The summed E-state index contributed by atoms with van der Waals surface area (Å²) in [4.78, 5) is 13.0. The van der Waals surface area contributed by atoms with E-state index in [0.29, 0.717) is 6.04 Å². The Morgan fingerprint density at radius 3 is 2.68 bits per heavy atom. The summed E-state index contributed by atoms with van der Waals surface area (Å²) in [7, 11) is 2.11. The van der Waals surface area contributed by atoms with Crippen molar-refractivity contribution in [3.8, 4) is 0 Å². The lowest BCUT2D eigenvalue weighted by Gasteiger charge is -2.28. The highest BCUT2D eigenvalue weighted by Gasteiger charge is 2.21. The topological polar surface area (TPSA) is 40.5 Å². The van der Waals surface area contributed by atoms with Gasteiger partial charge in [0.15, 0.2) is 0 Å². The molecule has 0 heterocycles. The SMILES string of the molecule is Cc1ccc(N(C)C2CCCC2)c(/C=C/C(=O)O)c1. The van der Waals surface area contributed by atoms with Crippen LogP contribution in [0.15, 0.2) is 24.3 Å². The third-order valence-electron chi connectivity index (χ3n) is 3.84. The quantitative estimate of drug-likeness (QED) is 0.842. The van der Waals surface area contributed by atoms with Crippen molar-refractivity contribution in [2.24, 2.45) is 0 Å². The molecule has 1 aliphatic rings. The van der Waals surface area contributed by atoms with Crippen molar-refractivity contribution in [2.45, 2.75) is 38.6 Å². The summed E-state index contributed by atoms with van der Waals surface area (Å²) >= 11 is 0. The van der Waals surface area contributed by atoms with Crippen molar-refractivity contribution >= 4 is 17.7 Å². The van der Waals surface area contributed by atoms with Crippen molar-refractivity contribution in [1.82, 2.24) is 0 Å². The Morgan fingerprint density at radius 2 is 2.05 bits per heavy atom. The molecule has 0 bridgehead atoms. The van der Waals surface area contributed by atoms with Crippen LogP contribution in [-0.2, 0) is 4.79 Å². The van der Waals surface area contributed by atoms with Gasteiger partial charge >= 0.3 is 5.97 Å². The summed E-state index contributed by atoms with van der Waals surface area (Å²) in [6.07, 6.45) is 7.94. The molecule has 1 aliphatic carbocycles. The minimum atomic E-state index is -0.907. The lowest BCUT2D eigenvalue weighted by Crippen LogP contribution is -2.29. The number of nitrogens with zero attached hydrogens (tertiary/aromatic N) is 1. The Kier molecular flexibility index (Phi) is 4.25. The molecule has 2 rings (SSSR count). The number of rotatable bonds is 4. The zero-order valence-corrected chi connectivity index (χ0v) is 11.6. The molecule has 0 amide bonds. The van der Waals surface area contributed by atoms with Crippen molar-refractivity contribution in [2.75, 3.05) is 11.9 Å². The molecule has 19 heavy (non-hydrogen) atoms. The first-order valence-electron chi connectivity index (χ1n) is 6.82. The summed E-state index contributed by atoms with van der Waals surface area (Å²) in [5, 5.41) is 8.78. The number of benzene rings is 1. The molecule has 1 aromatic rings. The second kappa shape index (κ2) is 5.91. The Morgan fingerprint density at radius 1 is 1.37 bits per heavy atom. The van der Waals surface area contributed by atoms with Crippen LogP contribution in [0.3, 0.4) is 0 Å². The largest absolute Gasteiger partial charge is 0.478 e. The molecule has 0 radical (unpaired) electrons. The van der Waals surface area contributed by atoms with Gasteiger partial charge in [-0.2, -0.15) is 0 Å². The maximum Gasteiger partial charge on any atom is 0.328 e. The predicted molar refractivity (Wildman–Crippen MR) is 78.5 cm³/mol. The maximum atomic E-state index is 10.7. The van der Waals surface area contributed by atoms with E-state index >= 15 is 0 Å². The molecular formula is C16H21NO2. The molecule has 1 saturated carbocycles. The van der Waals surface area contributed by atoms with Crippen molar-refractivity contribution < 1.29 is 9.90 Å². The van der Waals surface area contributed by atoms with E-state index in [4.69, 9.17) is 5.11 Å². The molecule has 0 spiro atoms. The molecular weight excluding hydrogens is 238 g/mol. The highest BCUT2D eigenvalue weighted by atomic mass is 16.4. The van der Waals surface area contributed by atoms with Gasteiger partial charge in [0.25, 0.3) is 0 Å². The molecule has 1 N–H and O–H groups in total. The van der Waals surface area contributed by atoms with Gasteiger partial charge in [-0.25, -0.2) is 4.79 Å². The van der Waals surface area contributed by atoms with Crippen molar-refractivity contribution in [3.05, 3.63) is 35.4 Å². The first-order chi connectivity index (χ1) is 9.08. The Bertz CT molecular complexity index is 488. The first kappa shape index (κ1) is 13.7. The fourth-order valence-electron chi connectivity index (χ4n) is 2.78. The molecule has 1 aromatic carbocycles. The van der Waals surface area contributed by atoms with E-state index in [0.717, 1.165) is 16.8 Å². The Balaban J connectivity index is 2.30. The second-order valence-electron chi connectivity index (χ2n) is 5.28. The normalized spacial score (nSPS) is 16.1. The van der Waals surface area contributed by atoms with Gasteiger partial charge in [-0.1, -0.05) is 24.5 Å². The van der Waals surface area contributed by atoms with Crippen LogP contribution in [0.1, 0.15) is 36.8 Å². The Hall–Kier alpha value is -1.77. The van der Waals surface area contributed by atoms with Crippen LogP contribution in [0.4, 0.5) is 5.69 Å². The van der Waals surface area contributed by atoms with E-state index in [2.05, 4.69) is 24.1 Å². The van der Waals surface area contributed by atoms with Crippen LogP contribution >= 0.6 is 0 Å². The molecule has 0 atom stereocenters. The number of aryl methyl sites for hydroxylation is 1. The molecule has 3 nitrogen and oxygen atoms in total. The molecule has 1 fully saturated rings. The molecule has 0 saturated heterocycles. The fraction of sp³-hybridized carbons (Fsp3) is 0.438. The van der Waals surface area contributed by atoms with Gasteiger partial charge in [-0.15, -0.1) is 0 Å². The summed E-state index contributed by atoms with van der Waals surface area (Å²) in [5.74, 6) is -0.907. The minimum absolute atomic E-state index is 0.583. The zero-order chi connectivity index (χ0) is 13.8. The van der Waals surface area contributed by atoms with Gasteiger partial charge in [-0.3, -0.25) is 0 Å². The first-order valence-corrected chi connectivity index (χ1v) is 6.82. The number of carboxylic acid groups (broad SMARTS) is 1. The number of hydrogen-bond donors (Lipinski definition) is 1.